The van der Waals surface area contributed by atoms with Gasteiger partial charge in [-0.05, 0) is 50.4 Å². The minimum atomic E-state index is -0.189. The Hall–Kier alpha value is -0.570. The summed E-state index contributed by atoms with van der Waals surface area (Å²) in [4.78, 5) is 11.8. The smallest absolute Gasteiger partial charge is 0.306 e. The standard InChI is InChI=1S/C14H23NO2/c1-2-3-12(16)17-14-7-10-4-11(8-14)6-13(15,5-10)9-14/h10-11H,2-9,15H2,1H3. The lowest BCUT2D eigenvalue weighted by molar-refractivity contribution is -0.189. The van der Waals surface area contributed by atoms with E-state index in [0.29, 0.717) is 18.3 Å². The maximum atomic E-state index is 11.8. The lowest BCUT2D eigenvalue weighted by atomic mass is 9.51. The molecule has 0 amide bonds. The van der Waals surface area contributed by atoms with E-state index in [1.165, 1.54) is 6.42 Å². The van der Waals surface area contributed by atoms with Crippen molar-refractivity contribution >= 4 is 5.97 Å². The van der Waals surface area contributed by atoms with Crippen LogP contribution in [-0.4, -0.2) is 17.1 Å². The summed E-state index contributed by atoms with van der Waals surface area (Å²) in [6.07, 6.45) is 8.07. The SMILES string of the molecule is CCCC(=O)OC12CC3CC(CC(N)(C3)C1)C2. The van der Waals surface area contributed by atoms with Crippen molar-refractivity contribution in [3.63, 3.8) is 0 Å². The molecule has 0 heterocycles. The molecule has 0 aromatic heterocycles. The van der Waals surface area contributed by atoms with E-state index in [2.05, 4.69) is 0 Å². The lowest BCUT2D eigenvalue weighted by Gasteiger charge is -2.59. The minimum absolute atomic E-state index is 0.0157. The normalized spacial score (nSPS) is 47.2. The topological polar surface area (TPSA) is 52.3 Å². The molecule has 4 bridgehead atoms. The van der Waals surface area contributed by atoms with Crippen molar-refractivity contribution in [2.24, 2.45) is 17.6 Å². The molecular formula is C14H23NO2. The summed E-state index contributed by atoms with van der Waals surface area (Å²) in [5.74, 6) is 1.39. The molecule has 4 aliphatic carbocycles. The Labute approximate surface area is 103 Å². The molecule has 4 rings (SSSR count). The number of esters is 1. The van der Waals surface area contributed by atoms with Crippen molar-refractivity contribution in [1.82, 2.24) is 0 Å². The first-order valence-corrected chi connectivity index (χ1v) is 7.03. The van der Waals surface area contributed by atoms with Gasteiger partial charge in [0.2, 0.25) is 0 Å². The highest BCUT2D eigenvalue weighted by atomic mass is 16.6. The fraction of sp³-hybridized carbons (Fsp3) is 0.929. The predicted molar refractivity (Wildman–Crippen MR) is 65.3 cm³/mol. The van der Waals surface area contributed by atoms with Gasteiger partial charge in [0.15, 0.2) is 0 Å². The van der Waals surface area contributed by atoms with Crippen LogP contribution in [0, 0.1) is 11.8 Å². The second-order valence-corrected chi connectivity index (χ2v) is 6.73. The van der Waals surface area contributed by atoms with Gasteiger partial charge in [0.05, 0.1) is 0 Å². The Bertz CT molecular complexity index is 325. The van der Waals surface area contributed by atoms with Crippen LogP contribution in [0.15, 0.2) is 0 Å². The Morgan fingerprint density at radius 1 is 1.29 bits per heavy atom. The molecule has 96 valence electrons. The van der Waals surface area contributed by atoms with Gasteiger partial charge in [0.25, 0.3) is 0 Å². The van der Waals surface area contributed by atoms with Gasteiger partial charge in [0, 0.05) is 18.4 Å². The summed E-state index contributed by atoms with van der Waals surface area (Å²) in [6.45, 7) is 2.02. The molecule has 0 aromatic carbocycles. The van der Waals surface area contributed by atoms with E-state index in [-0.39, 0.29) is 17.1 Å². The molecule has 0 aliphatic heterocycles. The van der Waals surface area contributed by atoms with Crippen LogP contribution in [0.25, 0.3) is 0 Å². The molecule has 17 heavy (non-hydrogen) atoms. The molecule has 0 radical (unpaired) electrons. The highest BCUT2D eigenvalue weighted by Gasteiger charge is 2.58. The van der Waals surface area contributed by atoms with Crippen molar-refractivity contribution in [2.75, 3.05) is 0 Å². The molecule has 2 N–H and O–H groups in total. The van der Waals surface area contributed by atoms with Crippen LogP contribution in [0.4, 0.5) is 0 Å². The first kappa shape index (κ1) is 11.5. The summed E-state index contributed by atoms with van der Waals surface area (Å²) in [5, 5.41) is 0. The molecule has 0 saturated heterocycles. The fourth-order valence-electron chi connectivity index (χ4n) is 4.86. The number of carbonyl (C=O) groups is 1. The molecule has 2 atom stereocenters. The van der Waals surface area contributed by atoms with Crippen molar-refractivity contribution in [2.45, 2.75) is 69.4 Å². The molecule has 0 aromatic rings. The third kappa shape index (κ3) is 1.99. The number of hydrogen-bond acceptors (Lipinski definition) is 3. The van der Waals surface area contributed by atoms with E-state index in [1.54, 1.807) is 0 Å². The van der Waals surface area contributed by atoms with Crippen LogP contribution in [-0.2, 0) is 9.53 Å². The van der Waals surface area contributed by atoms with E-state index in [1.807, 2.05) is 6.92 Å². The second kappa shape index (κ2) is 3.71. The number of carbonyl (C=O) groups excluding carboxylic acids is 1. The van der Waals surface area contributed by atoms with Gasteiger partial charge in [-0.1, -0.05) is 6.92 Å². The lowest BCUT2D eigenvalue weighted by Crippen LogP contribution is -2.64. The molecule has 3 nitrogen and oxygen atoms in total. The second-order valence-electron chi connectivity index (χ2n) is 6.73. The van der Waals surface area contributed by atoms with Crippen molar-refractivity contribution in [3.8, 4) is 0 Å². The van der Waals surface area contributed by atoms with Gasteiger partial charge < -0.3 is 10.5 Å². The van der Waals surface area contributed by atoms with Crippen LogP contribution < -0.4 is 5.73 Å². The zero-order valence-corrected chi connectivity index (χ0v) is 10.7. The molecule has 4 aliphatic rings. The van der Waals surface area contributed by atoms with Crippen molar-refractivity contribution in [1.29, 1.82) is 0 Å². The molecule has 4 fully saturated rings. The summed E-state index contributed by atoms with van der Waals surface area (Å²) >= 11 is 0. The predicted octanol–water partition coefficient (Wildman–Crippen LogP) is 2.38. The number of nitrogens with two attached hydrogens (primary N) is 1. The number of hydrogen-bond donors (Lipinski definition) is 1. The Morgan fingerprint density at radius 3 is 2.47 bits per heavy atom. The quantitative estimate of drug-likeness (QED) is 0.767. The van der Waals surface area contributed by atoms with Gasteiger partial charge in [-0.3, -0.25) is 4.79 Å². The monoisotopic (exact) mass is 237 g/mol. The van der Waals surface area contributed by atoms with Crippen LogP contribution in [0.3, 0.4) is 0 Å². The van der Waals surface area contributed by atoms with Crippen molar-refractivity contribution < 1.29 is 9.53 Å². The molecule has 0 spiro atoms. The van der Waals surface area contributed by atoms with Crippen LogP contribution >= 0.6 is 0 Å². The first-order valence-electron chi connectivity index (χ1n) is 7.03. The van der Waals surface area contributed by atoms with E-state index in [4.69, 9.17) is 10.5 Å². The highest BCUT2D eigenvalue weighted by molar-refractivity contribution is 5.70. The van der Waals surface area contributed by atoms with Crippen LogP contribution in [0.2, 0.25) is 0 Å². The zero-order valence-electron chi connectivity index (χ0n) is 10.7. The maximum Gasteiger partial charge on any atom is 0.306 e. The Kier molecular flexibility index (Phi) is 2.51. The van der Waals surface area contributed by atoms with Gasteiger partial charge in [0.1, 0.15) is 5.60 Å². The van der Waals surface area contributed by atoms with E-state index < -0.39 is 0 Å². The van der Waals surface area contributed by atoms with Crippen LogP contribution in [0.1, 0.15) is 58.3 Å². The van der Waals surface area contributed by atoms with Gasteiger partial charge in [-0.2, -0.15) is 0 Å². The average Bonchev–Trinajstić information content (AvgIpc) is 2.11. The number of ether oxygens (including phenoxy) is 1. The summed E-state index contributed by atoms with van der Waals surface area (Å²) < 4.78 is 5.84. The van der Waals surface area contributed by atoms with E-state index in [9.17, 15) is 4.79 Å². The fourth-order valence-corrected chi connectivity index (χ4v) is 4.86. The largest absolute Gasteiger partial charge is 0.459 e. The van der Waals surface area contributed by atoms with Gasteiger partial charge in [-0.25, -0.2) is 0 Å². The van der Waals surface area contributed by atoms with E-state index >= 15 is 0 Å². The van der Waals surface area contributed by atoms with Gasteiger partial charge >= 0.3 is 5.97 Å². The Balaban J connectivity index is 1.76. The summed E-state index contributed by atoms with van der Waals surface area (Å²) in [6, 6.07) is 0. The van der Waals surface area contributed by atoms with Crippen LogP contribution in [0.5, 0.6) is 0 Å². The molecule has 4 saturated carbocycles. The van der Waals surface area contributed by atoms with Crippen molar-refractivity contribution in [3.05, 3.63) is 0 Å². The maximum absolute atomic E-state index is 11.8. The third-order valence-electron chi connectivity index (χ3n) is 4.84. The number of rotatable bonds is 3. The van der Waals surface area contributed by atoms with E-state index in [0.717, 1.165) is 38.5 Å². The minimum Gasteiger partial charge on any atom is -0.459 e. The molecular weight excluding hydrogens is 214 g/mol. The summed E-state index contributed by atoms with van der Waals surface area (Å²) in [5.41, 5.74) is 6.24. The average molecular weight is 237 g/mol. The summed E-state index contributed by atoms with van der Waals surface area (Å²) in [7, 11) is 0. The molecule has 3 heteroatoms. The van der Waals surface area contributed by atoms with Gasteiger partial charge in [-0.15, -0.1) is 0 Å². The third-order valence-corrected chi connectivity index (χ3v) is 4.84. The molecule has 2 unspecified atom stereocenters. The Morgan fingerprint density at radius 2 is 1.94 bits per heavy atom. The zero-order chi connectivity index (χ0) is 12.1. The highest BCUT2D eigenvalue weighted by Crippen LogP contribution is 2.58. The first-order chi connectivity index (χ1) is 8.03.